The Morgan fingerprint density at radius 1 is 1.44 bits per heavy atom. The van der Waals surface area contributed by atoms with Crippen molar-refractivity contribution >= 4 is 17.3 Å². The summed E-state index contributed by atoms with van der Waals surface area (Å²) >= 11 is 0. The van der Waals surface area contributed by atoms with Crippen molar-refractivity contribution in [3.05, 3.63) is 24.0 Å². The maximum Gasteiger partial charge on any atom is 0.224 e. The first-order valence-corrected chi connectivity index (χ1v) is 5.48. The van der Waals surface area contributed by atoms with Gasteiger partial charge in [0.15, 0.2) is 0 Å². The molecule has 4 heteroatoms. The number of benzene rings is 1. The van der Waals surface area contributed by atoms with Crippen LogP contribution in [-0.2, 0) is 4.79 Å². The first-order chi connectivity index (χ1) is 7.63. The van der Waals surface area contributed by atoms with Crippen LogP contribution < -0.4 is 11.1 Å². The molecule has 0 radical (unpaired) electrons. The van der Waals surface area contributed by atoms with Gasteiger partial charge in [0.2, 0.25) is 5.91 Å². The van der Waals surface area contributed by atoms with Crippen molar-refractivity contribution in [3.63, 3.8) is 0 Å². The van der Waals surface area contributed by atoms with Crippen LogP contribution in [0.1, 0.15) is 32.6 Å². The van der Waals surface area contributed by atoms with E-state index in [2.05, 4.69) is 12.2 Å². The zero-order chi connectivity index (χ0) is 12.0. The molecule has 0 atom stereocenters. The molecule has 1 amide bonds. The third kappa shape index (κ3) is 3.88. The number of rotatable bonds is 5. The Bertz CT molecular complexity index is 366. The molecule has 88 valence electrons. The van der Waals surface area contributed by atoms with E-state index in [9.17, 15) is 9.18 Å². The summed E-state index contributed by atoms with van der Waals surface area (Å²) in [5.74, 6) is -0.629. The number of carbonyl (C=O) groups is 1. The molecule has 0 bridgehead atoms. The lowest BCUT2D eigenvalue weighted by atomic mass is 10.2. The molecule has 0 spiro atoms. The molecule has 0 aliphatic rings. The number of hydrogen-bond acceptors (Lipinski definition) is 2. The average Bonchev–Trinajstić information content (AvgIpc) is 2.24. The standard InChI is InChI=1S/C12H17FN2O/c1-2-3-4-5-12(16)15-11-8-9(14)6-7-10(11)13/h6-8H,2-5,14H2,1H3,(H,15,16). The van der Waals surface area contributed by atoms with Crippen LogP contribution in [0, 0.1) is 5.82 Å². The summed E-state index contributed by atoms with van der Waals surface area (Å²) in [6.45, 7) is 2.06. The Kier molecular flexibility index (Phi) is 4.76. The molecule has 0 saturated heterocycles. The quantitative estimate of drug-likeness (QED) is 0.596. The molecule has 1 rings (SSSR count). The van der Waals surface area contributed by atoms with Gasteiger partial charge in [-0.15, -0.1) is 0 Å². The lowest BCUT2D eigenvalue weighted by Gasteiger charge is -2.06. The summed E-state index contributed by atoms with van der Waals surface area (Å²) in [5, 5.41) is 2.52. The van der Waals surface area contributed by atoms with Gasteiger partial charge in [-0.25, -0.2) is 4.39 Å². The fourth-order valence-electron chi connectivity index (χ4n) is 1.39. The van der Waals surface area contributed by atoms with Crippen molar-refractivity contribution in [2.45, 2.75) is 32.6 Å². The Morgan fingerprint density at radius 3 is 2.88 bits per heavy atom. The fraction of sp³-hybridized carbons (Fsp3) is 0.417. The lowest BCUT2D eigenvalue weighted by Crippen LogP contribution is -2.12. The molecule has 0 aromatic heterocycles. The first kappa shape index (κ1) is 12.5. The van der Waals surface area contributed by atoms with Crippen molar-refractivity contribution in [2.24, 2.45) is 0 Å². The molecule has 0 fully saturated rings. The van der Waals surface area contributed by atoms with E-state index in [1.165, 1.54) is 18.2 Å². The van der Waals surface area contributed by atoms with Gasteiger partial charge in [0.05, 0.1) is 5.69 Å². The highest BCUT2D eigenvalue weighted by molar-refractivity contribution is 5.91. The molecule has 3 N–H and O–H groups in total. The van der Waals surface area contributed by atoms with Gasteiger partial charge in [0.25, 0.3) is 0 Å². The monoisotopic (exact) mass is 224 g/mol. The van der Waals surface area contributed by atoms with E-state index < -0.39 is 5.82 Å². The van der Waals surface area contributed by atoms with E-state index in [1.54, 1.807) is 0 Å². The van der Waals surface area contributed by atoms with Crippen LogP contribution in [-0.4, -0.2) is 5.91 Å². The van der Waals surface area contributed by atoms with Crippen LogP contribution in [0.4, 0.5) is 15.8 Å². The number of hydrogen-bond donors (Lipinski definition) is 2. The minimum Gasteiger partial charge on any atom is -0.399 e. The molecule has 0 aliphatic heterocycles. The second kappa shape index (κ2) is 6.10. The minimum absolute atomic E-state index is 0.154. The summed E-state index contributed by atoms with van der Waals surface area (Å²) in [4.78, 5) is 11.4. The highest BCUT2D eigenvalue weighted by Crippen LogP contribution is 2.17. The van der Waals surface area contributed by atoms with Crippen LogP contribution >= 0.6 is 0 Å². The molecule has 0 heterocycles. The highest BCUT2D eigenvalue weighted by atomic mass is 19.1. The molecular weight excluding hydrogens is 207 g/mol. The SMILES string of the molecule is CCCCCC(=O)Nc1cc(N)ccc1F. The molecular formula is C12H17FN2O. The maximum atomic E-state index is 13.2. The summed E-state index contributed by atoms with van der Waals surface area (Å²) in [6.07, 6.45) is 3.31. The van der Waals surface area contributed by atoms with Crippen molar-refractivity contribution < 1.29 is 9.18 Å². The van der Waals surface area contributed by atoms with E-state index in [4.69, 9.17) is 5.73 Å². The maximum absolute atomic E-state index is 13.2. The molecule has 16 heavy (non-hydrogen) atoms. The van der Waals surface area contributed by atoms with Crippen LogP contribution in [0.5, 0.6) is 0 Å². The Labute approximate surface area is 94.8 Å². The number of carbonyl (C=O) groups excluding carboxylic acids is 1. The number of nitrogen functional groups attached to an aromatic ring is 1. The molecule has 0 aliphatic carbocycles. The summed E-state index contributed by atoms with van der Waals surface area (Å²) < 4.78 is 13.2. The van der Waals surface area contributed by atoms with Crippen LogP contribution in [0.15, 0.2) is 18.2 Å². The van der Waals surface area contributed by atoms with Crippen molar-refractivity contribution in [2.75, 3.05) is 11.1 Å². The number of halogens is 1. The second-order valence-corrected chi connectivity index (χ2v) is 3.74. The van der Waals surface area contributed by atoms with E-state index in [0.29, 0.717) is 12.1 Å². The molecule has 0 saturated carbocycles. The van der Waals surface area contributed by atoms with Crippen molar-refractivity contribution in [1.29, 1.82) is 0 Å². The first-order valence-electron chi connectivity index (χ1n) is 5.48. The second-order valence-electron chi connectivity index (χ2n) is 3.74. The number of nitrogens with one attached hydrogen (secondary N) is 1. The van der Waals surface area contributed by atoms with Gasteiger partial charge < -0.3 is 11.1 Å². The predicted molar refractivity (Wildman–Crippen MR) is 63.6 cm³/mol. The Balaban J connectivity index is 2.52. The number of anilines is 2. The summed E-state index contributed by atoms with van der Waals surface area (Å²) in [6, 6.07) is 4.13. The third-order valence-electron chi connectivity index (χ3n) is 2.27. The van der Waals surface area contributed by atoms with E-state index in [1.807, 2.05) is 0 Å². The van der Waals surface area contributed by atoms with Gasteiger partial charge in [-0.3, -0.25) is 4.79 Å². The molecule has 0 unspecified atom stereocenters. The van der Waals surface area contributed by atoms with Gasteiger partial charge in [0.1, 0.15) is 5.82 Å². The van der Waals surface area contributed by atoms with Crippen LogP contribution in [0.3, 0.4) is 0 Å². The number of amides is 1. The smallest absolute Gasteiger partial charge is 0.224 e. The lowest BCUT2D eigenvalue weighted by molar-refractivity contribution is -0.116. The number of unbranched alkanes of at least 4 members (excludes halogenated alkanes) is 2. The topological polar surface area (TPSA) is 55.1 Å². The van der Waals surface area contributed by atoms with E-state index in [-0.39, 0.29) is 11.6 Å². The number of nitrogens with two attached hydrogens (primary N) is 1. The van der Waals surface area contributed by atoms with E-state index in [0.717, 1.165) is 19.3 Å². The normalized spacial score (nSPS) is 10.1. The fourth-order valence-corrected chi connectivity index (χ4v) is 1.39. The third-order valence-corrected chi connectivity index (χ3v) is 2.27. The van der Waals surface area contributed by atoms with Crippen molar-refractivity contribution in [3.8, 4) is 0 Å². The van der Waals surface area contributed by atoms with Crippen LogP contribution in [0.25, 0.3) is 0 Å². The average molecular weight is 224 g/mol. The van der Waals surface area contributed by atoms with Gasteiger partial charge in [0, 0.05) is 12.1 Å². The Morgan fingerprint density at radius 2 is 2.19 bits per heavy atom. The van der Waals surface area contributed by atoms with Gasteiger partial charge in [-0.1, -0.05) is 19.8 Å². The van der Waals surface area contributed by atoms with E-state index >= 15 is 0 Å². The zero-order valence-corrected chi connectivity index (χ0v) is 9.42. The van der Waals surface area contributed by atoms with Crippen molar-refractivity contribution in [1.82, 2.24) is 0 Å². The molecule has 3 nitrogen and oxygen atoms in total. The highest BCUT2D eigenvalue weighted by Gasteiger charge is 2.06. The minimum atomic E-state index is -0.460. The zero-order valence-electron chi connectivity index (χ0n) is 9.42. The van der Waals surface area contributed by atoms with Gasteiger partial charge in [-0.2, -0.15) is 0 Å². The Hall–Kier alpha value is -1.58. The van der Waals surface area contributed by atoms with Gasteiger partial charge in [-0.05, 0) is 24.6 Å². The van der Waals surface area contributed by atoms with Gasteiger partial charge >= 0.3 is 0 Å². The predicted octanol–water partition coefficient (Wildman–Crippen LogP) is 2.93. The largest absolute Gasteiger partial charge is 0.399 e. The molecule has 1 aromatic carbocycles. The summed E-state index contributed by atoms with van der Waals surface area (Å²) in [7, 11) is 0. The molecule has 1 aromatic rings. The summed E-state index contributed by atoms with van der Waals surface area (Å²) in [5.41, 5.74) is 6.10. The van der Waals surface area contributed by atoms with Crippen LogP contribution in [0.2, 0.25) is 0 Å².